The Balaban J connectivity index is 1.28. The molecule has 1 aromatic heterocycles. The van der Waals surface area contributed by atoms with Crippen LogP contribution in [0.1, 0.15) is 32.1 Å². The van der Waals surface area contributed by atoms with Gasteiger partial charge in [-0.1, -0.05) is 18.9 Å². The summed E-state index contributed by atoms with van der Waals surface area (Å²) in [4.78, 5) is 47.3. The van der Waals surface area contributed by atoms with Crippen molar-refractivity contribution in [2.24, 2.45) is 11.8 Å². The van der Waals surface area contributed by atoms with E-state index in [1.54, 1.807) is 6.20 Å². The minimum atomic E-state index is -0.136. The molecule has 2 atom stereocenters. The van der Waals surface area contributed by atoms with Crippen LogP contribution >= 0.6 is 0 Å². The van der Waals surface area contributed by atoms with Crippen molar-refractivity contribution in [3.63, 3.8) is 0 Å². The maximum Gasteiger partial charge on any atom is 0.233 e. The van der Waals surface area contributed by atoms with E-state index < -0.39 is 0 Å². The number of hydrogen-bond acceptors (Lipinski definition) is 5. The van der Waals surface area contributed by atoms with Crippen molar-refractivity contribution >= 4 is 23.5 Å². The number of fused-ring (bicyclic) bond motifs is 1. The second-order valence-electron chi connectivity index (χ2n) is 7.63. The first-order valence-electron chi connectivity index (χ1n) is 9.94. The van der Waals surface area contributed by atoms with E-state index in [-0.39, 0.29) is 42.5 Å². The molecule has 0 N–H and O–H groups in total. The number of likely N-dealkylation sites (tertiary alicyclic amines) is 1. The zero-order chi connectivity index (χ0) is 18.8. The van der Waals surface area contributed by atoms with Gasteiger partial charge in [0.15, 0.2) is 0 Å². The monoisotopic (exact) mass is 370 g/mol. The first-order valence-corrected chi connectivity index (χ1v) is 9.94. The van der Waals surface area contributed by atoms with Crippen LogP contribution in [0.15, 0.2) is 24.4 Å². The quantitative estimate of drug-likeness (QED) is 0.747. The van der Waals surface area contributed by atoms with Gasteiger partial charge in [0.1, 0.15) is 5.82 Å². The normalized spacial score (nSPS) is 25.7. The zero-order valence-corrected chi connectivity index (χ0v) is 15.5. The molecule has 3 amide bonds. The standard InChI is InChI=1S/C20H26N4O3/c25-18(23-13-11-22(12-14-23)17-7-3-4-9-21-17)8-10-24-19(26)15-5-1-2-6-16(15)20(24)27/h3-4,7,9,15-16H,1-2,5-6,8,10-14H2/t15-,16-/m1/s1. The van der Waals surface area contributed by atoms with Gasteiger partial charge >= 0.3 is 0 Å². The topological polar surface area (TPSA) is 73.8 Å². The summed E-state index contributed by atoms with van der Waals surface area (Å²) in [6, 6.07) is 5.82. The van der Waals surface area contributed by atoms with E-state index in [9.17, 15) is 14.4 Å². The highest BCUT2D eigenvalue weighted by atomic mass is 16.2. The molecule has 1 aromatic rings. The lowest BCUT2D eigenvalue weighted by Crippen LogP contribution is -2.49. The number of imide groups is 1. The van der Waals surface area contributed by atoms with Crippen LogP contribution in [0.5, 0.6) is 0 Å². The van der Waals surface area contributed by atoms with Crippen LogP contribution in [0.3, 0.4) is 0 Å². The van der Waals surface area contributed by atoms with Gasteiger partial charge in [0.25, 0.3) is 0 Å². The van der Waals surface area contributed by atoms with Crippen LogP contribution in [0.2, 0.25) is 0 Å². The lowest BCUT2D eigenvalue weighted by Gasteiger charge is -2.35. The molecule has 0 spiro atoms. The highest BCUT2D eigenvalue weighted by molar-refractivity contribution is 6.05. The van der Waals surface area contributed by atoms with Gasteiger partial charge in [-0.15, -0.1) is 0 Å². The summed E-state index contributed by atoms with van der Waals surface area (Å²) >= 11 is 0. The number of anilines is 1. The van der Waals surface area contributed by atoms with Crippen LogP contribution in [0.25, 0.3) is 0 Å². The van der Waals surface area contributed by atoms with Crippen LogP contribution in [-0.4, -0.2) is 65.2 Å². The summed E-state index contributed by atoms with van der Waals surface area (Å²) in [6.07, 6.45) is 5.67. The molecule has 4 rings (SSSR count). The molecule has 27 heavy (non-hydrogen) atoms. The largest absolute Gasteiger partial charge is 0.353 e. The molecule has 1 aliphatic carbocycles. The summed E-state index contributed by atoms with van der Waals surface area (Å²) in [5.41, 5.74) is 0. The van der Waals surface area contributed by atoms with Crippen LogP contribution in [-0.2, 0) is 14.4 Å². The predicted octanol–water partition coefficient (Wildman–Crippen LogP) is 1.30. The van der Waals surface area contributed by atoms with Crippen LogP contribution in [0.4, 0.5) is 5.82 Å². The number of aromatic nitrogens is 1. The Hall–Kier alpha value is -2.44. The average molecular weight is 370 g/mol. The number of amides is 3. The molecule has 3 aliphatic rings. The second-order valence-corrected chi connectivity index (χ2v) is 7.63. The Kier molecular flexibility index (Phi) is 5.09. The molecule has 2 saturated heterocycles. The molecule has 3 heterocycles. The summed E-state index contributed by atoms with van der Waals surface area (Å²) < 4.78 is 0. The summed E-state index contributed by atoms with van der Waals surface area (Å²) in [5, 5.41) is 0. The van der Waals surface area contributed by atoms with Gasteiger partial charge in [0, 0.05) is 45.3 Å². The van der Waals surface area contributed by atoms with E-state index in [0.717, 1.165) is 44.6 Å². The average Bonchev–Trinajstić information content (AvgIpc) is 2.97. The summed E-state index contributed by atoms with van der Waals surface area (Å²) in [6.45, 7) is 3.00. The van der Waals surface area contributed by atoms with Gasteiger partial charge in [-0.3, -0.25) is 19.3 Å². The molecule has 0 aromatic carbocycles. The molecule has 2 aliphatic heterocycles. The smallest absolute Gasteiger partial charge is 0.233 e. The van der Waals surface area contributed by atoms with Crippen LogP contribution < -0.4 is 4.90 Å². The number of nitrogens with zero attached hydrogens (tertiary/aromatic N) is 4. The number of piperazine rings is 1. The third-order valence-electron chi connectivity index (χ3n) is 6.09. The molecule has 0 unspecified atom stereocenters. The zero-order valence-electron chi connectivity index (χ0n) is 15.5. The lowest BCUT2D eigenvalue weighted by molar-refractivity contribution is -0.140. The fourth-order valence-corrected chi connectivity index (χ4v) is 4.54. The SMILES string of the molecule is O=C(CCN1C(=O)[C@@H]2CCCC[C@H]2C1=O)N1CCN(c2ccccn2)CC1. The number of carbonyl (C=O) groups is 3. The van der Waals surface area contributed by atoms with Gasteiger partial charge in [-0.25, -0.2) is 4.98 Å². The number of carbonyl (C=O) groups excluding carboxylic acids is 3. The Bertz CT molecular complexity index is 691. The van der Waals surface area contributed by atoms with E-state index in [2.05, 4.69) is 9.88 Å². The van der Waals surface area contributed by atoms with E-state index >= 15 is 0 Å². The minimum Gasteiger partial charge on any atom is -0.353 e. The van der Waals surface area contributed by atoms with Crippen molar-refractivity contribution in [2.75, 3.05) is 37.6 Å². The Morgan fingerprint density at radius 1 is 1.00 bits per heavy atom. The highest BCUT2D eigenvalue weighted by Crippen LogP contribution is 2.38. The van der Waals surface area contributed by atoms with Gasteiger partial charge in [-0.05, 0) is 25.0 Å². The van der Waals surface area contributed by atoms with Crippen molar-refractivity contribution in [2.45, 2.75) is 32.1 Å². The van der Waals surface area contributed by atoms with E-state index in [0.29, 0.717) is 13.1 Å². The third-order valence-corrected chi connectivity index (χ3v) is 6.09. The fraction of sp³-hybridized carbons (Fsp3) is 0.600. The van der Waals surface area contributed by atoms with Crippen LogP contribution in [0, 0.1) is 11.8 Å². The van der Waals surface area contributed by atoms with Gasteiger partial charge in [-0.2, -0.15) is 0 Å². The Morgan fingerprint density at radius 2 is 1.67 bits per heavy atom. The van der Waals surface area contributed by atoms with E-state index in [1.165, 1.54) is 4.90 Å². The fourth-order valence-electron chi connectivity index (χ4n) is 4.54. The molecule has 144 valence electrons. The molecule has 7 nitrogen and oxygen atoms in total. The van der Waals surface area contributed by atoms with Crippen molar-refractivity contribution in [3.8, 4) is 0 Å². The van der Waals surface area contributed by atoms with Crippen molar-refractivity contribution in [3.05, 3.63) is 24.4 Å². The molecule has 1 saturated carbocycles. The lowest BCUT2D eigenvalue weighted by atomic mass is 9.81. The van der Waals surface area contributed by atoms with E-state index in [1.807, 2.05) is 23.1 Å². The maximum atomic E-state index is 12.6. The molecular formula is C20H26N4O3. The van der Waals surface area contributed by atoms with Crippen molar-refractivity contribution in [1.29, 1.82) is 0 Å². The number of rotatable bonds is 4. The maximum absolute atomic E-state index is 12.6. The first-order chi connectivity index (χ1) is 13.1. The van der Waals surface area contributed by atoms with E-state index in [4.69, 9.17) is 0 Å². The Labute approximate surface area is 159 Å². The third kappa shape index (κ3) is 3.55. The minimum absolute atomic E-state index is 0.0196. The molecule has 3 fully saturated rings. The first kappa shape index (κ1) is 17.9. The highest BCUT2D eigenvalue weighted by Gasteiger charge is 2.47. The van der Waals surface area contributed by atoms with Crippen molar-refractivity contribution in [1.82, 2.24) is 14.8 Å². The molecule has 7 heteroatoms. The second kappa shape index (κ2) is 7.66. The van der Waals surface area contributed by atoms with Gasteiger partial charge in [0.2, 0.25) is 17.7 Å². The molecular weight excluding hydrogens is 344 g/mol. The predicted molar refractivity (Wildman–Crippen MR) is 99.8 cm³/mol. The summed E-state index contributed by atoms with van der Waals surface area (Å²) in [7, 11) is 0. The van der Waals surface area contributed by atoms with Gasteiger partial charge in [0.05, 0.1) is 11.8 Å². The number of hydrogen-bond donors (Lipinski definition) is 0. The summed E-state index contributed by atoms with van der Waals surface area (Å²) in [5.74, 6) is 0.563. The molecule has 0 bridgehead atoms. The Morgan fingerprint density at radius 3 is 2.26 bits per heavy atom. The van der Waals surface area contributed by atoms with Crippen molar-refractivity contribution < 1.29 is 14.4 Å². The number of pyridine rings is 1. The van der Waals surface area contributed by atoms with Gasteiger partial charge < -0.3 is 9.80 Å². The molecule has 0 radical (unpaired) electrons.